The van der Waals surface area contributed by atoms with E-state index in [1.165, 1.54) is 0 Å². The molecule has 0 aliphatic rings. The van der Waals surface area contributed by atoms with Crippen molar-refractivity contribution in [3.05, 3.63) is 31.3 Å². The minimum Gasteiger partial charge on any atom is -0.355 e. The summed E-state index contributed by atoms with van der Waals surface area (Å²) in [6.45, 7) is 0. The Bertz CT molecular complexity index is 354. The molecule has 0 saturated carbocycles. The second-order valence-corrected chi connectivity index (χ2v) is 4.30. The predicted molar refractivity (Wildman–Crippen MR) is 62.6 cm³/mol. The number of carbonyl (C=O) groups excluding carboxylic acids is 1. The zero-order valence-corrected chi connectivity index (χ0v) is 10.4. The smallest absolute Gasteiger partial charge is 0.252 e. The zero-order chi connectivity index (χ0) is 10.0. The molecule has 0 aliphatic carbocycles. The van der Waals surface area contributed by atoms with Crippen LogP contribution in [-0.2, 0) is 0 Å². The number of benzene rings is 1. The summed E-state index contributed by atoms with van der Waals surface area (Å²) in [6.07, 6.45) is 0. The van der Waals surface area contributed by atoms with Gasteiger partial charge in [-0.3, -0.25) is 4.79 Å². The van der Waals surface area contributed by atoms with E-state index in [-0.39, 0.29) is 5.91 Å². The molecular formula is C8H6Cl2INO. The van der Waals surface area contributed by atoms with Gasteiger partial charge in [0.15, 0.2) is 0 Å². The molecular weight excluding hydrogens is 324 g/mol. The third kappa shape index (κ3) is 2.48. The molecule has 5 heteroatoms. The van der Waals surface area contributed by atoms with Crippen LogP contribution in [0.4, 0.5) is 0 Å². The topological polar surface area (TPSA) is 29.1 Å². The molecule has 0 spiro atoms. The van der Waals surface area contributed by atoms with Crippen LogP contribution in [0.2, 0.25) is 10.0 Å². The van der Waals surface area contributed by atoms with E-state index in [0.717, 1.165) is 3.57 Å². The molecule has 0 unspecified atom stereocenters. The van der Waals surface area contributed by atoms with Crippen molar-refractivity contribution in [1.82, 2.24) is 5.32 Å². The van der Waals surface area contributed by atoms with Gasteiger partial charge in [-0.2, -0.15) is 0 Å². The highest BCUT2D eigenvalue weighted by molar-refractivity contribution is 14.1. The van der Waals surface area contributed by atoms with Crippen LogP contribution in [0.15, 0.2) is 12.1 Å². The Kier molecular flexibility index (Phi) is 3.82. The van der Waals surface area contributed by atoms with Crippen LogP contribution in [0.3, 0.4) is 0 Å². The Morgan fingerprint density at radius 3 is 2.54 bits per heavy atom. The van der Waals surface area contributed by atoms with Gasteiger partial charge in [-0.15, -0.1) is 0 Å². The lowest BCUT2D eigenvalue weighted by molar-refractivity contribution is 0.0963. The van der Waals surface area contributed by atoms with E-state index in [4.69, 9.17) is 23.2 Å². The van der Waals surface area contributed by atoms with Crippen LogP contribution < -0.4 is 5.32 Å². The highest BCUT2D eigenvalue weighted by Gasteiger charge is 2.11. The van der Waals surface area contributed by atoms with Gasteiger partial charge in [0.05, 0.1) is 15.6 Å². The second kappa shape index (κ2) is 4.48. The van der Waals surface area contributed by atoms with E-state index in [2.05, 4.69) is 5.32 Å². The lowest BCUT2D eigenvalue weighted by Gasteiger charge is -2.04. The minimum absolute atomic E-state index is 0.209. The minimum atomic E-state index is -0.209. The first-order valence-corrected chi connectivity index (χ1v) is 5.26. The highest BCUT2D eigenvalue weighted by atomic mass is 127. The summed E-state index contributed by atoms with van der Waals surface area (Å²) < 4.78 is 0.808. The van der Waals surface area contributed by atoms with Gasteiger partial charge in [-0.05, 0) is 34.7 Å². The lowest BCUT2D eigenvalue weighted by Crippen LogP contribution is -2.18. The standard InChI is InChI=1S/C8H6Cl2INO/c1-12-8(13)4-2-7(11)6(10)3-5(4)9/h2-3H,1H3,(H,12,13). The maximum Gasteiger partial charge on any atom is 0.252 e. The fourth-order valence-electron chi connectivity index (χ4n) is 0.831. The molecule has 70 valence electrons. The molecule has 1 aromatic rings. The first-order chi connectivity index (χ1) is 6.06. The first-order valence-electron chi connectivity index (χ1n) is 3.43. The Morgan fingerprint density at radius 1 is 1.38 bits per heavy atom. The maximum absolute atomic E-state index is 11.3. The van der Waals surface area contributed by atoms with E-state index >= 15 is 0 Å². The van der Waals surface area contributed by atoms with Gasteiger partial charge >= 0.3 is 0 Å². The van der Waals surface area contributed by atoms with Crippen molar-refractivity contribution >= 4 is 51.7 Å². The fraction of sp³-hybridized carbons (Fsp3) is 0.125. The molecule has 2 nitrogen and oxygen atoms in total. The summed E-state index contributed by atoms with van der Waals surface area (Å²) in [7, 11) is 1.56. The monoisotopic (exact) mass is 329 g/mol. The molecule has 0 saturated heterocycles. The average molecular weight is 330 g/mol. The molecule has 13 heavy (non-hydrogen) atoms. The molecule has 0 heterocycles. The summed E-state index contributed by atoms with van der Waals surface area (Å²) in [4.78, 5) is 11.3. The summed E-state index contributed by atoms with van der Waals surface area (Å²) in [5, 5.41) is 3.42. The summed E-state index contributed by atoms with van der Waals surface area (Å²) in [5.41, 5.74) is 0.443. The first kappa shape index (κ1) is 11.1. The number of carbonyl (C=O) groups is 1. The van der Waals surface area contributed by atoms with Crippen LogP contribution in [0.25, 0.3) is 0 Å². The number of amides is 1. The number of rotatable bonds is 1. The maximum atomic E-state index is 11.3. The Morgan fingerprint density at radius 2 is 2.00 bits per heavy atom. The largest absolute Gasteiger partial charge is 0.355 e. The van der Waals surface area contributed by atoms with Gasteiger partial charge < -0.3 is 5.32 Å². The third-order valence-corrected chi connectivity index (χ3v) is 3.32. The average Bonchev–Trinajstić information content (AvgIpc) is 2.10. The van der Waals surface area contributed by atoms with Gasteiger partial charge in [0.1, 0.15) is 0 Å². The summed E-state index contributed by atoms with van der Waals surface area (Å²) >= 11 is 13.7. The highest BCUT2D eigenvalue weighted by Crippen LogP contribution is 2.26. The van der Waals surface area contributed by atoms with Crippen molar-refractivity contribution in [3.8, 4) is 0 Å². The fourth-order valence-corrected chi connectivity index (χ4v) is 1.77. The van der Waals surface area contributed by atoms with Gasteiger partial charge in [0, 0.05) is 10.6 Å². The van der Waals surface area contributed by atoms with Gasteiger partial charge in [0.25, 0.3) is 5.91 Å². The van der Waals surface area contributed by atoms with E-state index in [1.807, 2.05) is 22.6 Å². The Hall–Kier alpha value is -0.000000000000000111. The van der Waals surface area contributed by atoms with Crippen molar-refractivity contribution in [2.45, 2.75) is 0 Å². The molecule has 1 N–H and O–H groups in total. The lowest BCUT2D eigenvalue weighted by atomic mass is 10.2. The molecule has 0 aromatic heterocycles. The van der Waals surface area contributed by atoms with Crippen LogP contribution in [0.5, 0.6) is 0 Å². The van der Waals surface area contributed by atoms with Crippen molar-refractivity contribution < 1.29 is 4.79 Å². The molecule has 0 fully saturated rings. The van der Waals surface area contributed by atoms with Crippen molar-refractivity contribution in [2.75, 3.05) is 7.05 Å². The molecule has 0 aliphatic heterocycles. The SMILES string of the molecule is CNC(=O)c1cc(I)c(Cl)cc1Cl. The van der Waals surface area contributed by atoms with Crippen LogP contribution >= 0.6 is 45.8 Å². The molecule has 0 bridgehead atoms. The molecule has 0 atom stereocenters. The second-order valence-electron chi connectivity index (χ2n) is 2.33. The normalized spacial score (nSPS) is 9.85. The van der Waals surface area contributed by atoms with E-state index in [1.54, 1.807) is 19.2 Å². The number of hydrogen-bond donors (Lipinski definition) is 1. The molecule has 1 aromatic carbocycles. The molecule has 0 radical (unpaired) electrons. The van der Waals surface area contributed by atoms with Gasteiger partial charge in [-0.1, -0.05) is 23.2 Å². The van der Waals surface area contributed by atoms with Crippen molar-refractivity contribution in [2.24, 2.45) is 0 Å². The van der Waals surface area contributed by atoms with Gasteiger partial charge in [0.2, 0.25) is 0 Å². The van der Waals surface area contributed by atoms with E-state index in [9.17, 15) is 4.79 Å². The molecule has 1 amide bonds. The summed E-state index contributed by atoms with van der Waals surface area (Å²) in [5.74, 6) is -0.209. The van der Waals surface area contributed by atoms with Crippen molar-refractivity contribution in [3.63, 3.8) is 0 Å². The third-order valence-electron chi connectivity index (χ3n) is 1.48. The van der Waals surface area contributed by atoms with Crippen LogP contribution in [0.1, 0.15) is 10.4 Å². The predicted octanol–water partition coefficient (Wildman–Crippen LogP) is 2.96. The Labute approximate surface area is 99.7 Å². The summed E-state index contributed by atoms with van der Waals surface area (Å²) in [6, 6.07) is 3.22. The number of halogens is 3. The van der Waals surface area contributed by atoms with E-state index in [0.29, 0.717) is 15.6 Å². The zero-order valence-electron chi connectivity index (χ0n) is 6.70. The Balaban J connectivity index is 3.23. The van der Waals surface area contributed by atoms with E-state index < -0.39 is 0 Å². The van der Waals surface area contributed by atoms with Crippen LogP contribution in [-0.4, -0.2) is 13.0 Å². The van der Waals surface area contributed by atoms with Gasteiger partial charge in [-0.25, -0.2) is 0 Å². The number of nitrogens with one attached hydrogen (secondary N) is 1. The quantitative estimate of drug-likeness (QED) is 0.623. The molecule has 1 rings (SSSR count). The van der Waals surface area contributed by atoms with Crippen molar-refractivity contribution in [1.29, 1.82) is 0 Å². The number of hydrogen-bond acceptors (Lipinski definition) is 1. The van der Waals surface area contributed by atoms with Crippen LogP contribution in [0, 0.1) is 3.57 Å².